The number of hydrogen-bond donors (Lipinski definition) is 2. The van der Waals surface area contributed by atoms with Crippen molar-refractivity contribution in [1.82, 2.24) is 0 Å². The second-order valence-corrected chi connectivity index (χ2v) is 5.24. The fourth-order valence-electron chi connectivity index (χ4n) is 2.66. The van der Waals surface area contributed by atoms with E-state index in [0.29, 0.717) is 24.0 Å². The number of hydrogen-bond acceptors (Lipinski definition) is 2. The van der Waals surface area contributed by atoms with Gasteiger partial charge in [-0.05, 0) is 59.4 Å². The van der Waals surface area contributed by atoms with Crippen molar-refractivity contribution in [3.8, 4) is 11.5 Å². The van der Waals surface area contributed by atoms with Gasteiger partial charge in [-0.3, -0.25) is 0 Å². The fourth-order valence-corrected chi connectivity index (χ4v) is 2.66. The molecule has 0 heterocycles. The number of phenolic OH excluding ortho intramolecular Hbond substituents is 2. The second kappa shape index (κ2) is 6.95. The molecule has 0 aliphatic rings. The average molecular weight is 340 g/mol. The molecule has 128 valence electrons. The van der Waals surface area contributed by atoms with E-state index in [0.717, 1.165) is 24.3 Å². The van der Waals surface area contributed by atoms with E-state index in [9.17, 15) is 27.8 Å². The predicted molar refractivity (Wildman–Crippen MR) is 83.4 cm³/mol. The maximum Gasteiger partial charge on any atom is 0.187 e. The van der Waals surface area contributed by atoms with Crippen molar-refractivity contribution in [3.63, 3.8) is 0 Å². The number of rotatable bonds is 4. The molecule has 0 spiro atoms. The van der Waals surface area contributed by atoms with Gasteiger partial charge in [-0.1, -0.05) is 13.8 Å². The largest absolute Gasteiger partial charge is 0.503 e. The van der Waals surface area contributed by atoms with Gasteiger partial charge < -0.3 is 10.2 Å². The summed E-state index contributed by atoms with van der Waals surface area (Å²) in [5.41, 5.74) is 1.33. The monoisotopic (exact) mass is 340 g/mol. The highest BCUT2D eigenvalue weighted by molar-refractivity contribution is 5.91. The zero-order valence-electron chi connectivity index (χ0n) is 13.1. The Hall–Kier alpha value is -2.50. The Morgan fingerprint density at radius 2 is 0.917 bits per heavy atom. The molecule has 0 bridgehead atoms. The highest BCUT2D eigenvalue weighted by atomic mass is 19.1. The molecule has 0 atom stereocenters. The molecule has 24 heavy (non-hydrogen) atoms. The van der Waals surface area contributed by atoms with E-state index in [4.69, 9.17) is 0 Å². The molecule has 2 rings (SSSR count). The summed E-state index contributed by atoms with van der Waals surface area (Å²) >= 11 is 0. The molecule has 0 fully saturated rings. The molecular formula is C18H16F4O2. The third kappa shape index (κ3) is 3.22. The van der Waals surface area contributed by atoms with Gasteiger partial charge in [0.1, 0.15) is 0 Å². The van der Waals surface area contributed by atoms with Crippen LogP contribution in [0.25, 0.3) is 11.1 Å². The van der Waals surface area contributed by atoms with Crippen molar-refractivity contribution >= 4 is 11.1 Å². The lowest BCUT2D eigenvalue weighted by Crippen LogP contribution is -1.96. The zero-order chi connectivity index (χ0) is 18.0. The van der Waals surface area contributed by atoms with Crippen LogP contribution in [0, 0.1) is 23.3 Å². The first-order chi connectivity index (χ1) is 11.3. The molecule has 0 saturated carbocycles. The maximum atomic E-state index is 13.6. The Morgan fingerprint density at radius 3 is 1.12 bits per heavy atom. The van der Waals surface area contributed by atoms with Gasteiger partial charge in [0.05, 0.1) is 0 Å². The summed E-state index contributed by atoms with van der Waals surface area (Å²) in [5.74, 6) is -6.61. The lowest BCUT2D eigenvalue weighted by Gasteiger charge is -2.15. The minimum Gasteiger partial charge on any atom is -0.503 e. The number of phenols is 2. The smallest absolute Gasteiger partial charge is 0.187 e. The van der Waals surface area contributed by atoms with Gasteiger partial charge in [0, 0.05) is 0 Å². The minimum atomic E-state index is -1.12. The fraction of sp³-hybridized carbons (Fsp3) is 0.222. The minimum absolute atomic E-state index is 0.177. The second-order valence-electron chi connectivity index (χ2n) is 5.24. The molecule has 0 radical (unpaired) electrons. The molecule has 2 aromatic rings. The summed E-state index contributed by atoms with van der Waals surface area (Å²) in [4.78, 5) is 0. The van der Waals surface area contributed by atoms with Crippen molar-refractivity contribution in [3.05, 3.63) is 58.7 Å². The van der Waals surface area contributed by atoms with Gasteiger partial charge in [0.15, 0.2) is 34.8 Å². The van der Waals surface area contributed by atoms with Crippen LogP contribution in [0.15, 0.2) is 24.3 Å². The Kier molecular flexibility index (Phi) is 5.17. The first-order valence-corrected chi connectivity index (χ1v) is 7.38. The molecule has 2 aromatic carbocycles. The van der Waals surface area contributed by atoms with Gasteiger partial charge >= 0.3 is 0 Å². The van der Waals surface area contributed by atoms with E-state index in [2.05, 4.69) is 0 Å². The molecular weight excluding hydrogens is 324 g/mol. The zero-order valence-corrected chi connectivity index (χ0v) is 13.1. The lowest BCUT2D eigenvalue weighted by atomic mass is 9.91. The SMILES string of the molecule is CC/C(=C(\CC)c1cc(F)c(O)c(F)c1)c1cc(F)c(O)c(F)c1. The lowest BCUT2D eigenvalue weighted by molar-refractivity contribution is 0.396. The third-order valence-corrected chi connectivity index (χ3v) is 3.80. The number of allylic oxidation sites excluding steroid dienone is 2. The molecule has 2 N–H and O–H groups in total. The van der Waals surface area contributed by atoms with Crippen molar-refractivity contribution in [2.45, 2.75) is 26.7 Å². The van der Waals surface area contributed by atoms with Crippen LogP contribution in [0.4, 0.5) is 17.6 Å². The molecule has 0 saturated heterocycles. The van der Waals surface area contributed by atoms with Crippen LogP contribution in [0.2, 0.25) is 0 Å². The Bertz CT molecular complexity index is 699. The van der Waals surface area contributed by atoms with Gasteiger partial charge in [-0.15, -0.1) is 0 Å². The van der Waals surface area contributed by atoms with Crippen LogP contribution < -0.4 is 0 Å². The summed E-state index contributed by atoms with van der Waals surface area (Å²) in [5, 5.41) is 18.4. The predicted octanol–water partition coefficient (Wildman–Crippen LogP) is 5.39. The van der Waals surface area contributed by atoms with Gasteiger partial charge in [-0.25, -0.2) is 17.6 Å². The van der Waals surface area contributed by atoms with E-state index >= 15 is 0 Å². The van der Waals surface area contributed by atoms with Crippen LogP contribution in [0.5, 0.6) is 11.5 Å². The summed E-state index contributed by atoms with van der Waals surface area (Å²) in [6.07, 6.45) is 0.688. The van der Waals surface area contributed by atoms with Gasteiger partial charge in [0.25, 0.3) is 0 Å². The number of benzene rings is 2. The molecule has 0 aromatic heterocycles. The normalized spacial score (nSPS) is 12.2. The Morgan fingerprint density at radius 1 is 0.667 bits per heavy atom. The van der Waals surface area contributed by atoms with E-state index < -0.39 is 34.8 Å². The Balaban J connectivity index is 2.71. The summed E-state index contributed by atoms with van der Waals surface area (Å²) in [6.45, 7) is 3.47. The number of aromatic hydroxyl groups is 2. The Labute approximate surface area is 136 Å². The highest BCUT2D eigenvalue weighted by Crippen LogP contribution is 2.35. The van der Waals surface area contributed by atoms with Crippen molar-refractivity contribution < 1.29 is 27.8 Å². The molecule has 6 heteroatoms. The van der Waals surface area contributed by atoms with Crippen LogP contribution in [-0.2, 0) is 0 Å². The van der Waals surface area contributed by atoms with E-state index in [1.165, 1.54) is 0 Å². The van der Waals surface area contributed by atoms with Crippen LogP contribution in [0.3, 0.4) is 0 Å². The third-order valence-electron chi connectivity index (χ3n) is 3.80. The summed E-state index contributed by atoms with van der Waals surface area (Å²) in [6, 6.07) is 3.89. The van der Waals surface area contributed by atoms with Crippen LogP contribution >= 0.6 is 0 Å². The molecule has 0 amide bonds. The van der Waals surface area contributed by atoms with E-state index in [-0.39, 0.29) is 11.1 Å². The maximum absolute atomic E-state index is 13.6. The average Bonchev–Trinajstić information content (AvgIpc) is 2.54. The van der Waals surface area contributed by atoms with E-state index in [1.807, 2.05) is 0 Å². The van der Waals surface area contributed by atoms with E-state index in [1.54, 1.807) is 13.8 Å². The summed E-state index contributed by atoms with van der Waals surface area (Å²) < 4.78 is 54.5. The van der Waals surface area contributed by atoms with Gasteiger partial charge in [0.2, 0.25) is 0 Å². The topological polar surface area (TPSA) is 40.5 Å². The molecule has 0 aliphatic heterocycles. The first-order valence-electron chi connectivity index (χ1n) is 7.38. The standard InChI is InChI=1S/C18H16F4O2/c1-3-11(9-5-13(19)17(23)14(20)6-9)12(4-2)10-7-15(21)18(24)16(22)8-10/h5-8,23-24H,3-4H2,1-2H3/b12-11-. The van der Waals surface area contributed by atoms with Crippen molar-refractivity contribution in [2.24, 2.45) is 0 Å². The number of halogens is 4. The molecule has 0 unspecified atom stereocenters. The molecule has 2 nitrogen and oxygen atoms in total. The highest BCUT2D eigenvalue weighted by Gasteiger charge is 2.17. The van der Waals surface area contributed by atoms with Crippen molar-refractivity contribution in [1.29, 1.82) is 0 Å². The quantitative estimate of drug-likeness (QED) is 0.579. The molecule has 0 aliphatic carbocycles. The van der Waals surface area contributed by atoms with Gasteiger partial charge in [-0.2, -0.15) is 0 Å². The summed E-state index contributed by atoms with van der Waals surface area (Å²) in [7, 11) is 0. The first kappa shape index (κ1) is 17.8. The van der Waals surface area contributed by atoms with Crippen LogP contribution in [-0.4, -0.2) is 10.2 Å². The van der Waals surface area contributed by atoms with Crippen molar-refractivity contribution in [2.75, 3.05) is 0 Å². The van der Waals surface area contributed by atoms with Crippen LogP contribution in [0.1, 0.15) is 37.8 Å².